The highest BCUT2D eigenvalue weighted by atomic mass is 35.5. The van der Waals surface area contributed by atoms with Crippen LogP contribution < -0.4 is 15.1 Å². The molecule has 1 N–H and O–H groups in total. The number of halogens is 1. The molecule has 5 rings (SSSR count). The largest absolute Gasteiger partial charge is 0.367 e. The van der Waals surface area contributed by atoms with Gasteiger partial charge < -0.3 is 15.1 Å². The van der Waals surface area contributed by atoms with Gasteiger partial charge in [0.1, 0.15) is 5.82 Å². The number of piperazine rings is 1. The Morgan fingerprint density at radius 2 is 1.64 bits per heavy atom. The smallest absolute Gasteiger partial charge is 0.225 e. The van der Waals surface area contributed by atoms with Crippen molar-refractivity contribution in [2.24, 2.45) is 11.8 Å². The molecule has 2 atom stereocenters. The fourth-order valence-corrected chi connectivity index (χ4v) is 5.75. The Hall–Kier alpha value is -2.60. The molecule has 0 bridgehead atoms. The van der Waals surface area contributed by atoms with Crippen molar-refractivity contribution >= 4 is 40.0 Å². The van der Waals surface area contributed by atoms with Crippen LogP contribution >= 0.6 is 11.6 Å². The number of nitrogens with zero attached hydrogens (tertiary/aromatic N) is 5. The number of hydrogen-bond acceptors (Lipinski definition) is 6. The number of nitrogens with one attached hydrogen (secondary N) is 1. The molecule has 0 amide bonds. The molecule has 2 aliphatic rings. The molecule has 7 heteroatoms. The lowest BCUT2D eigenvalue weighted by atomic mass is 9.80. The summed E-state index contributed by atoms with van der Waals surface area (Å²) in [5, 5.41) is 5.51. The van der Waals surface area contributed by atoms with Gasteiger partial charge in [0.15, 0.2) is 0 Å². The van der Waals surface area contributed by atoms with Crippen LogP contribution in [0, 0.1) is 18.8 Å². The summed E-state index contributed by atoms with van der Waals surface area (Å²) in [6, 6.07) is 10.6. The van der Waals surface area contributed by atoms with Crippen LogP contribution in [0.4, 0.5) is 17.5 Å². The molecule has 2 unspecified atom stereocenters. The first-order chi connectivity index (χ1) is 15.9. The van der Waals surface area contributed by atoms with E-state index in [4.69, 9.17) is 21.6 Å². The molecule has 1 aliphatic heterocycles. The monoisotopic (exact) mass is 464 g/mol. The molecule has 1 aliphatic carbocycles. The Morgan fingerprint density at radius 1 is 0.909 bits per heavy atom. The van der Waals surface area contributed by atoms with Crippen molar-refractivity contribution in [1.29, 1.82) is 0 Å². The van der Waals surface area contributed by atoms with Crippen molar-refractivity contribution in [1.82, 2.24) is 15.0 Å². The Morgan fingerprint density at radius 3 is 2.39 bits per heavy atom. The van der Waals surface area contributed by atoms with E-state index in [1.54, 1.807) is 0 Å². The van der Waals surface area contributed by atoms with Gasteiger partial charge in [-0.3, -0.25) is 4.98 Å². The molecule has 2 aromatic heterocycles. The normalized spacial score (nSPS) is 23.7. The number of pyridine rings is 1. The molecule has 6 nitrogen and oxygen atoms in total. The molecule has 0 radical (unpaired) electrons. The van der Waals surface area contributed by atoms with Crippen molar-refractivity contribution < 1.29 is 0 Å². The van der Waals surface area contributed by atoms with Gasteiger partial charge in [0.05, 0.1) is 5.52 Å². The number of benzene rings is 1. The summed E-state index contributed by atoms with van der Waals surface area (Å²) < 4.78 is 0. The van der Waals surface area contributed by atoms with Crippen molar-refractivity contribution in [3.05, 3.63) is 47.2 Å². The summed E-state index contributed by atoms with van der Waals surface area (Å²) in [4.78, 5) is 18.9. The standard InChI is InChI=1S/C26H33ClN6/c1-17-12-18(2)14-21(13-17)30-26-29-19(3)15-25(31-26)33-10-8-32(9-11-33)24-6-7-28-23-16-20(27)4-5-22(23)24/h4-7,15-18,21H,8-14H2,1-3H3,(H,29,30,31). The molecule has 0 spiro atoms. The highest BCUT2D eigenvalue weighted by Crippen LogP contribution is 2.31. The number of anilines is 3. The minimum Gasteiger partial charge on any atom is -0.367 e. The molecule has 3 aromatic rings. The number of aryl methyl sites for hydroxylation is 1. The fraction of sp³-hybridized carbons (Fsp3) is 0.500. The van der Waals surface area contributed by atoms with E-state index in [1.165, 1.54) is 24.9 Å². The van der Waals surface area contributed by atoms with Crippen LogP contribution in [-0.2, 0) is 0 Å². The van der Waals surface area contributed by atoms with Gasteiger partial charge in [-0.15, -0.1) is 0 Å². The summed E-state index contributed by atoms with van der Waals surface area (Å²) >= 11 is 6.17. The molecule has 33 heavy (non-hydrogen) atoms. The summed E-state index contributed by atoms with van der Waals surface area (Å²) in [6.45, 7) is 10.5. The van der Waals surface area contributed by atoms with E-state index in [2.05, 4.69) is 59.1 Å². The van der Waals surface area contributed by atoms with E-state index in [0.29, 0.717) is 6.04 Å². The van der Waals surface area contributed by atoms with E-state index >= 15 is 0 Å². The molecule has 1 saturated carbocycles. The quantitative estimate of drug-likeness (QED) is 0.546. The highest BCUT2D eigenvalue weighted by molar-refractivity contribution is 6.31. The van der Waals surface area contributed by atoms with Gasteiger partial charge >= 0.3 is 0 Å². The van der Waals surface area contributed by atoms with E-state index in [0.717, 1.165) is 71.4 Å². The van der Waals surface area contributed by atoms with E-state index in [9.17, 15) is 0 Å². The minimum atomic E-state index is 0.462. The van der Waals surface area contributed by atoms with Crippen molar-refractivity contribution in [2.75, 3.05) is 41.3 Å². The number of fused-ring (bicyclic) bond motifs is 1. The average molecular weight is 465 g/mol. The van der Waals surface area contributed by atoms with Crippen LogP contribution in [0.3, 0.4) is 0 Å². The summed E-state index contributed by atoms with van der Waals surface area (Å²) in [6.07, 6.45) is 5.59. The summed E-state index contributed by atoms with van der Waals surface area (Å²) in [5.74, 6) is 3.30. The maximum atomic E-state index is 6.17. The van der Waals surface area contributed by atoms with E-state index in [1.807, 2.05) is 18.3 Å². The van der Waals surface area contributed by atoms with E-state index in [-0.39, 0.29) is 0 Å². The predicted molar refractivity (Wildman–Crippen MR) is 138 cm³/mol. The first-order valence-electron chi connectivity index (χ1n) is 12.1. The van der Waals surface area contributed by atoms with Gasteiger partial charge in [0.25, 0.3) is 0 Å². The Bertz CT molecular complexity index is 1120. The lowest BCUT2D eigenvalue weighted by Crippen LogP contribution is -2.47. The van der Waals surface area contributed by atoms with Gasteiger partial charge in [0, 0.05) is 66.3 Å². The Labute approximate surface area is 201 Å². The molecule has 2 fully saturated rings. The molecule has 1 aromatic carbocycles. The van der Waals surface area contributed by atoms with Crippen LogP contribution in [0.1, 0.15) is 38.8 Å². The van der Waals surface area contributed by atoms with Crippen LogP contribution in [0.5, 0.6) is 0 Å². The number of aromatic nitrogens is 3. The predicted octanol–water partition coefficient (Wildman–Crippen LogP) is 5.55. The third kappa shape index (κ3) is 5.01. The zero-order valence-electron chi connectivity index (χ0n) is 19.8. The first kappa shape index (κ1) is 22.2. The van der Waals surface area contributed by atoms with E-state index < -0.39 is 0 Å². The zero-order valence-corrected chi connectivity index (χ0v) is 20.5. The van der Waals surface area contributed by atoms with Crippen molar-refractivity contribution in [3.63, 3.8) is 0 Å². The van der Waals surface area contributed by atoms with Crippen LogP contribution in [-0.4, -0.2) is 47.2 Å². The number of hydrogen-bond donors (Lipinski definition) is 1. The second-order valence-corrected chi connectivity index (χ2v) is 10.4. The van der Waals surface area contributed by atoms with Crippen LogP contribution in [0.25, 0.3) is 10.9 Å². The minimum absolute atomic E-state index is 0.462. The van der Waals surface area contributed by atoms with Crippen molar-refractivity contribution in [3.8, 4) is 0 Å². The van der Waals surface area contributed by atoms with Gasteiger partial charge in [0.2, 0.25) is 5.95 Å². The summed E-state index contributed by atoms with van der Waals surface area (Å²) in [5.41, 5.74) is 3.17. The maximum Gasteiger partial charge on any atom is 0.225 e. The Kier molecular flexibility index (Phi) is 6.28. The Balaban J connectivity index is 1.28. The van der Waals surface area contributed by atoms with Crippen LogP contribution in [0.15, 0.2) is 36.5 Å². The van der Waals surface area contributed by atoms with Crippen LogP contribution in [0.2, 0.25) is 5.02 Å². The average Bonchev–Trinajstić information content (AvgIpc) is 2.77. The fourth-order valence-electron chi connectivity index (χ4n) is 5.58. The number of rotatable bonds is 4. The third-order valence-corrected chi connectivity index (χ3v) is 7.21. The third-order valence-electron chi connectivity index (χ3n) is 6.98. The second-order valence-electron chi connectivity index (χ2n) is 9.92. The first-order valence-corrected chi connectivity index (χ1v) is 12.5. The maximum absolute atomic E-state index is 6.17. The molecular formula is C26H33ClN6. The zero-order chi connectivity index (χ0) is 22.9. The van der Waals surface area contributed by atoms with Gasteiger partial charge in [-0.25, -0.2) is 4.98 Å². The topological polar surface area (TPSA) is 57.2 Å². The lowest BCUT2D eigenvalue weighted by molar-refractivity contribution is 0.280. The van der Waals surface area contributed by atoms with Gasteiger partial charge in [-0.05, 0) is 62.3 Å². The summed E-state index contributed by atoms with van der Waals surface area (Å²) in [7, 11) is 0. The van der Waals surface area contributed by atoms with Gasteiger partial charge in [-0.2, -0.15) is 4.98 Å². The van der Waals surface area contributed by atoms with Crippen molar-refractivity contribution in [2.45, 2.75) is 46.1 Å². The highest BCUT2D eigenvalue weighted by Gasteiger charge is 2.25. The SMILES string of the molecule is Cc1cc(N2CCN(c3ccnc4cc(Cl)ccc34)CC2)nc(NC2CC(C)CC(C)C2)n1. The lowest BCUT2D eigenvalue weighted by Gasteiger charge is -2.37. The molecule has 3 heterocycles. The molecule has 174 valence electrons. The molecular weight excluding hydrogens is 432 g/mol. The second kappa shape index (κ2) is 9.34. The molecule has 1 saturated heterocycles. The van der Waals surface area contributed by atoms with Gasteiger partial charge in [-0.1, -0.05) is 25.4 Å².